The summed E-state index contributed by atoms with van der Waals surface area (Å²) >= 11 is 0. The zero-order valence-electron chi connectivity index (χ0n) is 10.5. The smallest absolute Gasteiger partial charge is 0.395 e. The Morgan fingerprint density at radius 3 is 3.00 bits per heavy atom. The number of amides is 1. The van der Waals surface area contributed by atoms with Gasteiger partial charge in [0.15, 0.2) is 5.76 Å². The molecule has 1 aliphatic heterocycles. The van der Waals surface area contributed by atoms with Crippen LogP contribution in [0.4, 0.5) is 5.88 Å². The van der Waals surface area contributed by atoms with Gasteiger partial charge in [-0.15, -0.1) is 0 Å². The van der Waals surface area contributed by atoms with Crippen molar-refractivity contribution in [1.29, 1.82) is 0 Å². The number of likely N-dealkylation sites (N-methyl/N-ethyl adjacent to an activating group) is 1. The predicted octanol–water partition coefficient (Wildman–Crippen LogP) is 0.248. The number of hydrogen-bond acceptors (Lipinski definition) is 6. The first kappa shape index (κ1) is 13.5. The van der Waals surface area contributed by atoms with Crippen molar-refractivity contribution in [1.82, 2.24) is 10.2 Å². The van der Waals surface area contributed by atoms with Crippen LogP contribution in [0.3, 0.4) is 0 Å². The van der Waals surface area contributed by atoms with E-state index < -0.39 is 16.7 Å². The van der Waals surface area contributed by atoms with E-state index >= 15 is 0 Å². The Morgan fingerprint density at radius 1 is 1.63 bits per heavy atom. The number of nitrogens with zero attached hydrogens (tertiary/aromatic N) is 2. The molecule has 1 N–H and O–H groups in total. The molecule has 1 fully saturated rings. The van der Waals surface area contributed by atoms with Crippen LogP contribution in [-0.4, -0.2) is 55.1 Å². The molecule has 0 spiro atoms. The lowest BCUT2D eigenvalue weighted by molar-refractivity contribution is -0.402. The van der Waals surface area contributed by atoms with Gasteiger partial charge in [0.2, 0.25) is 0 Å². The van der Waals surface area contributed by atoms with E-state index in [0.29, 0.717) is 19.7 Å². The van der Waals surface area contributed by atoms with Crippen LogP contribution in [-0.2, 0) is 4.74 Å². The van der Waals surface area contributed by atoms with Crippen molar-refractivity contribution < 1.29 is 18.9 Å². The monoisotopic (exact) mass is 269 g/mol. The Morgan fingerprint density at radius 2 is 2.42 bits per heavy atom. The van der Waals surface area contributed by atoms with E-state index in [2.05, 4.69) is 5.32 Å². The van der Waals surface area contributed by atoms with Crippen LogP contribution >= 0.6 is 0 Å². The van der Waals surface area contributed by atoms with Crippen molar-refractivity contribution >= 4 is 11.8 Å². The number of nitro groups is 1. The van der Waals surface area contributed by atoms with E-state index in [9.17, 15) is 14.9 Å². The van der Waals surface area contributed by atoms with Crippen LogP contribution in [0.15, 0.2) is 16.5 Å². The SMILES string of the molecule is CN(CC1CNCCO1)C(=O)c1ccc([N+](=O)[O-])o1. The third-order valence-corrected chi connectivity index (χ3v) is 2.81. The molecule has 2 heterocycles. The molecule has 1 aromatic heterocycles. The van der Waals surface area contributed by atoms with Gasteiger partial charge in [-0.05, 0) is 6.07 Å². The van der Waals surface area contributed by atoms with Crippen molar-refractivity contribution in [3.8, 4) is 0 Å². The molecule has 1 saturated heterocycles. The van der Waals surface area contributed by atoms with Crippen LogP contribution in [0, 0.1) is 10.1 Å². The van der Waals surface area contributed by atoms with Crippen LogP contribution in [0.25, 0.3) is 0 Å². The summed E-state index contributed by atoms with van der Waals surface area (Å²) in [5.74, 6) is -0.882. The Kier molecular flexibility index (Phi) is 4.13. The van der Waals surface area contributed by atoms with E-state index in [1.165, 1.54) is 17.0 Å². The lowest BCUT2D eigenvalue weighted by Gasteiger charge is -2.27. The highest BCUT2D eigenvalue weighted by Gasteiger charge is 2.23. The Bertz CT molecular complexity index is 467. The molecule has 1 atom stereocenters. The van der Waals surface area contributed by atoms with Crippen molar-refractivity contribution in [3.63, 3.8) is 0 Å². The molecule has 8 nitrogen and oxygen atoms in total. The minimum absolute atomic E-state index is 0.0435. The van der Waals surface area contributed by atoms with Gasteiger partial charge in [0.05, 0.1) is 18.8 Å². The van der Waals surface area contributed by atoms with Gasteiger partial charge in [0, 0.05) is 26.7 Å². The zero-order valence-corrected chi connectivity index (χ0v) is 10.5. The predicted molar refractivity (Wildman–Crippen MR) is 64.9 cm³/mol. The molecule has 1 aromatic rings. The first-order chi connectivity index (χ1) is 9.08. The zero-order chi connectivity index (χ0) is 13.8. The quantitative estimate of drug-likeness (QED) is 0.621. The molecular weight excluding hydrogens is 254 g/mol. The summed E-state index contributed by atoms with van der Waals surface area (Å²) in [4.78, 5) is 23.2. The van der Waals surface area contributed by atoms with E-state index in [0.717, 1.165) is 6.54 Å². The van der Waals surface area contributed by atoms with E-state index in [1.54, 1.807) is 7.05 Å². The standard InChI is InChI=1S/C11H15N3O5/c1-13(7-8-6-12-4-5-18-8)11(15)9-2-3-10(19-9)14(16)17/h2-3,8,12H,4-7H2,1H3. The molecule has 0 radical (unpaired) electrons. The van der Waals surface area contributed by atoms with Gasteiger partial charge in [0.25, 0.3) is 5.91 Å². The van der Waals surface area contributed by atoms with Crippen LogP contribution in [0.5, 0.6) is 0 Å². The van der Waals surface area contributed by atoms with Gasteiger partial charge in [0.1, 0.15) is 4.92 Å². The fourth-order valence-corrected chi connectivity index (χ4v) is 1.85. The van der Waals surface area contributed by atoms with Gasteiger partial charge in [-0.25, -0.2) is 0 Å². The second-order valence-corrected chi connectivity index (χ2v) is 4.28. The molecule has 1 unspecified atom stereocenters. The highest BCUT2D eigenvalue weighted by molar-refractivity contribution is 5.91. The number of rotatable bonds is 4. The fourth-order valence-electron chi connectivity index (χ4n) is 1.85. The van der Waals surface area contributed by atoms with Gasteiger partial charge < -0.3 is 19.4 Å². The Hall–Kier alpha value is -1.93. The van der Waals surface area contributed by atoms with Crippen molar-refractivity contribution in [3.05, 3.63) is 28.0 Å². The van der Waals surface area contributed by atoms with Crippen molar-refractivity contribution in [2.45, 2.75) is 6.10 Å². The first-order valence-electron chi connectivity index (χ1n) is 5.90. The number of nitrogens with one attached hydrogen (secondary N) is 1. The van der Waals surface area contributed by atoms with Crippen LogP contribution in [0.1, 0.15) is 10.6 Å². The maximum absolute atomic E-state index is 12.0. The number of carbonyl (C=O) groups is 1. The van der Waals surface area contributed by atoms with Crippen molar-refractivity contribution in [2.75, 3.05) is 33.3 Å². The van der Waals surface area contributed by atoms with Crippen LogP contribution < -0.4 is 5.32 Å². The minimum Gasteiger partial charge on any atom is -0.395 e. The highest BCUT2D eigenvalue weighted by Crippen LogP contribution is 2.17. The molecule has 1 amide bonds. The Labute approximate surface area is 109 Å². The fraction of sp³-hybridized carbons (Fsp3) is 0.545. The average molecular weight is 269 g/mol. The second kappa shape index (κ2) is 5.81. The van der Waals surface area contributed by atoms with E-state index in [1.807, 2.05) is 0 Å². The lowest BCUT2D eigenvalue weighted by Crippen LogP contribution is -2.45. The summed E-state index contributed by atoms with van der Waals surface area (Å²) < 4.78 is 10.4. The number of morpholine rings is 1. The molecular formula is C11H15N3O5. The van der Waals surface area contributed by atoms with Crippen molar-refractivity contribution in [2.24, 2.45) is 0 Å². The summed E-state index contributed by atoms with van der Waals surface area (Å²) in [7, 11) is 1.61. The highest BCUT2D eigenvalue weighted by atomic mass is 16.6. The molecule has 8 heteroatoms. The largest absolute Gasteiger partial charge is 0.433 e. The number of carbonyl (C=O) groups excluding carboxylic acids is 1. The molecule has 0 aromatic carbocycles. The molecule has 0 bridgehead atoms. The maximum Gasteiger partial charge on any atom is 0.433 e. The van der Waals surface area contributed by atoms with E-state index in [-0.39, 0.29) is 11.9 Å². The molecule has 1 aliphatic rings. The average Bonchev–Trinajstić information content (AvgIpc) is 2.88. The third-order valence-electron chi connectivity index (χ3n) is 2.81. The summed E-state index contributed by atoms with van der Waals surface area (Å²) in [6, 6.07) is 2.47. The first-order valence-corrected chi connectivity index (χ1v) is 5.90. The number of furan rings is 1. The van der Waals surface area contributed by atoms with Gasteiger partial charge in [-0.1, -0.05) is 0 Å². The summed E-state index contributed by atoms with van der Waals surface area (Å²) in [6.07, 6.45) is -0.0763. The van der Waals surface area contributed by atoms with Crippen LogP contribution in [0.2, 0.25) is 0 Å². The van der Waals surface area contributed by atoms with Gasteiger partial charge in [-0.3, -0.25) is 14.9 Å². The molecule has 2 rings (SSSR count). The normalized spacial score (nSPS) is 19.1. The number of ether oxygens (including phenoxy) is 1. The van der Waals surface area contributed by atoms with Gasteiger partial charge in [-0.2, -0.15) is 0 Å². The maximum atomic E-state index is 12.0. The second-order valence-electron chi connectivity index (χ2n) is 4.28. The van der Waals surface area contributed by atoms with Gasteiger partial charge >= 0.3 is 5.88 Å². The molecule has 104 valence electrons. The third kappa shape index (κ3) is 3.30. The minimum atomic E-state index is -0.676. The molecule has 0 aliphatic carbocycles. The summed E-state index contributed by atoms with van der Waals surface area (Å²) in [6.45, 7) is 2.49. The molecule has 0 saturated carbocycles. The summed E-state index contributed by atoms with van der Waals surface area (Å²) in [5.41, 5.74) is 0. The number of hydrogen-bond donors (Lipinski definition) is 1. The molecule has 19 heavy (non-hydrogen) atoms. The topological polar surface area (TPSA) is 97.8 Å². The lowest BCUT2D eigenvalue weighted by atomic mass is 10.2. The van der Waals surface area contributed by atoms with E-state index in [4.69, 9.17) is 9.15 Å². The Balaban J connectivity index is 1.95. The summed E-state index contributed by atoms with van der Waals surface area (Å²) in [5, 5.41) is 13.6.